The molecule has 132 valence electrons. The van der Waals surface area contributed by atoms with Crippen molar-refractivity contribution in [2.24, 2.45) is 0 Å². The Bertz CT molecular complexity index is 719. The first-order chi connectivity index (χ1) is 12.2. The van der Waals surface area contributed by atoms with Crippen molar-refractivity contribution in [3.8, 4) is 11.8 Å². The summed E-state index contributed by atoms with van der Waals surface area (Å²) >= 11 is 5.99. The number of carbonyl (C=O) groups excluding carboxylic acids is 1. The highest BCUT2D eigenvalue weighted by atomic mass is 35.5. The Kier molecular flexibility index (Phi) is 5.71. The van der Waals surface area contributed by atoms with Gasteiger partial charge in [-0.05, 0) is 49.9 Å². The second-order valence-corrected chi connectivity index (χ2v) is 6.38. The van der Waals surface area contributed by atoms with Crippen LogP contribution in [0.5, 0.6) is 11.8 Å². The number of nitrogens with one attached hydrogen (secondary N) is 1. The quantitative estimate of drug-likeness (QED) is 0.884. The molecule has 1 aliphatic rings. The molecule has 1 heterocycles. The van der Waals surface area contributed by atoms with Crippen LogP contribution in [0.15, 0.2) is 36.7 Å². The molecule has 3 rings (SSSR count). The molecule has 7 heteroatoms. The summed E-state index contributed by atoms with van der Waals surface area (Å²) < 4.78 is 11.0. The predicted octanol–water partition coefficient (Wildman–Crippen LogP) is 3.26. The third kappa shape index (κ3) is 4.60. The molecule has 0 saturated heterocycles. The summed E-state index contributed by atoms with van der Waals surface area (Å²) in [5.74, 6) is 0.343. The summed E-state index contributed by atoms with van der Waals surface area (Å²) in [4.78, 5) is 20.7. The Balaban J connectivity index is 1.54. The first-order valence-corrected chi connectivity index (χ1v) is 8.61. The number of benzene rings is 1. The van der Waals surface area contributed by atoms with E-state index in [0.29, 0.717) is 22.3 Å². The number of hydrogen-bond donors (Lipinski definition) is 1. The van der Waals surface area contributed by atoms with Gasteiger partial charge < -0.3 is 14.8 Å². The van der Waals surface area contributed by atoms with Crippen molar-refractivity contribution in [1.82, 2.24) is 15.3 Å². The van der Waals surface area contributed by atoms with Crippen molar-refractivity contribution < 1.29 is 14.3 Å². The van der Waals surface area contributed by atoms with Crippen molar-refractivity contribution in [3.05, 3.63) is 47.2 Å². The molecule has 2 aromatic rings. The number of rotatable bonds is 5. The second kappa shape index (κ2) is 8.16. The highest BCUT2D eigenvalue weighted by Crippen LogP contribution is 2.25. The van der Waals surface area contributed by atoms with E-state index < -0.39 is 0 Å². The fourth-order valence-electron chi connectivity index (χ4n) is 2.94. The third-order valence-electron chi connectivity index (χ3n) is 4.23. The Morgan fingerprint density at radius 1 is 1.20 bits per heavy atom. The van der Waals surface area contributed by atoms with Gasteiger partial charge in [-0.2, -0.15) is 0 Å². The zero-order valence-corrected chi connectivity index (χ0v) is 14.7. The summed E-state index contributed by atoms with van der Waals surface area (Å²) in [6, 6.07) is 7.28. The van der Waals surface area contributed by atoms with Crippen molar-refractivity contribution in [2.45, 2.75) is 37.8 Å². The lowest BCUT2D eigenvalue weighted by Crippen LogP contribution is -2.39. The maximum atomic E-state index is 12.5. The van der Waals surface area contributed by atoms with Crippen LogP contribution in [0.25, 0.3) is 0 Å². The normalized spacial score (nSPS) is 19.9. The molecule has 0 aliphatic heterocycles. The standard InChI is InChI=1S/C18H20ClN3O3/c1-24-16-8-3-12(19)11-15(16)17(23)22-13-4-6-14(7-5-13)25-18-20-9-2-10-21-18/h2-3,8-11,13-14H,4-7H2,1H3,(H,22,23). The number of nitrogens with zero attached hydrogens (tertiary/aromatic N) is 2. The SMILES string of the molecule is COc1ccc(Cl)cc1C(=O)NC1CCC(Oc2ncccn2)CC1. The molecule has 1 saturated carbocycles. The number of methoxy groups -OCH3 is 1. The van der Waals surface area contributed by atoms with Crippen LogP contribution >= 0.6 is 11.6 Å². The van der Waals surface area contributed by atoms with Crippen LogP contribution in [0.3, 0.4) is 0 Å². The zero-order valence-electron chi connectivity index (χ0n) is 13.9. The van der Waals surface area contributed by atoms with E-state index in [1.165, 1.54) is 7.11 Å². The summed E-state index contributed by atoms with van der Waals surface area (Å²) in [6.07, 6.45) is 6.76. The highest BCUT2D eigenvalue weighted by molar-refractivity contribution is 6.31. The minimum Gasteiger partial charge on any atom is -0.496 e. The molecule has 1 aromatic heterocycles. The van der Waals surface area contributed by atoms with E-state index in [4.69, 9.17) is 21.1 Å². The van der Waals surface area contributed by atoms with E-state index in [-0.39, 0.29) is 18.1 Å². The number of ether oxygens (including phenoxy) is 2. The van der Waals surface area contributed by atoms with E-state index in [1.54, 1.807) is 36.7 Å². The van der Waals surface area contributed by atoms with Gasteiger partial charge in [0, 0.05) is 23.5 Å². The lowest BCUT2D eigenvalue weighted by Gasteiger charge is -2.29. The van der Waals surface area contributed by atoms with Crippen LogP contribution in [0.4, 0.5) is 0 Å². The van der Waals surface area contributed by atoms with E-state index >= 15 is 0 Å². The smallest absolute Gasteiger partial charge is 0.316 e. The molecule has 1 fully saturated rings. The van der Waals surface area contributed by atoms with Gasteiger partial charge in [0.25, 0.3) is 5.91 Å². The Morgan fingerprint density at radius 3 is 2.60 bits per heavy atom. The molecule has 0 radical (unpaired) electrons. The number of hydrogen-bond acceptors (Lipinski definition) is 5. The van der Waals surface area contributed by atoms with Gasteiger partial charge in [0.15, 0.2) is 0 Å². The van der Waals surface area contributed by atoms with Gasteiger partial charge in [0.2, 0.25) is 0 Å². The van der Waals surface area contributed by atoms with Crippen LogP contribution < -0.4 is 14.8 Å². The maximum absolute atomic E-state index is 12.5. The lowest BCUT2D eigenvalue weighted by molar-refractivity contribution is 0.0882. The molecule has 0 atom stereocenters. The minimum atomic E-state index is -0.171. The predicted molar refractivity (Wildman–Crippen MR) is 94.2 cm³/mol. The van der Waals surface area contributed by atoms with E-state index in [9.17, 15) is 4.79 Å². The number of amides is 1. The first-order valence-electron chi connectivity index (χ1n) is 8.24. The molecule has 25 heavy (non-hydrogen) atoms. The number of aromatic nitrogens is 2. The maximum Gasteiger partial charge on any atom is 0.316 e. The molecule has 0 bridgehead atoms. The van der Waals surface area contributed by atoms with Gasteiger partial charge >= 0.3 is 6.01 Å². The molecule has 6 nitrogen and oxygen atoms in total. The van der Waals surface area contributed by atoms with Gasteiger partial charge in [0.05, 0.1) is 12.7 Å². The Hall–Kier alpha value is -2.34. The number of halogens is 1. The van der Waals surface area contributed by atoms with Gasteiger partial charge in [-0.3, -0.25) is 4.79 Å². The Morgan fingerprint density at radius 2 is 1.92 bits per heavy atom. The van der Waals surface area contributed by atoms with E-state index in [0.717, 1.165) is 25.7 Å². The fraction of sp³-hybridized carbons (Fsp3) is 0.389. The van der Waals surface area contributed by atoms with Crippen molar-refractivity contribution in [2.75, 3.05) is 7.11 Å². The first kappa shape index (κ1) is 17.5. The molecule has 1 aromatic carbocycles. The summed E-state index contributed by atoms with van der Waals surface area (Å²) in [6.45, 7) is 0. The molecular weight excluding hydrogens is 342 g/mol. The molecular formula is C18H20ClN3O3. The molecule has 1 amide bonds. The number of carbonyl (C=O) groups is 1. The summed E-state index contributed by atoms with van der Waals surface area (Å²) in [5.41, 5.74) is 0.450. The van der Waals surface area contributed by atoms with Crippen molar-refractivity contribution >= 4 is 17.5 Å². The summed E-state index contributed by atoms with van der Waals surface area (Å²) in [7, 11) is 1.54. The van der Waals surface area contributed by atoms with E-state index in [1.807, 2.05) is 0 Å². The minimum absolute atomic E-state index is 0.0799. The van der Waals surface area contributed by atoms with Gasteiger partial charge in [-0.1, -0.05) is 11.6 Å². The largest absolute Gasteiger partial charge is 0.496 e. The molecule has 0 spiro atoms. The second-order valence-electron chi connectivity index (χ2n) is 5.94. The van der Waals surface area contributed by atoms with Gasteiger partial charge in [-0.25, -0.2) is 9.97 Å². The van der Waals surface area contributed by atoms with Crippen LogP contribution in [0.2, 0.25) is 5.02 Å². The summed E-state index contributed by atoms with van der Waals surface area (Å²) in [5, 5.41) is 3.56. The van der Waals surface area contributed by atoms with Crippen LogP contribution in [0, 0.1) is 0 Å². The molecule has 1 N–H and O–H groups in total. The van der Waals surface area contributed by atoms with E-state index in [2.05, 4.69) is 15.3 Å². The monoisotopic (exact) mass is 361 g/mol. The van der Waals surface area contributed by atoms with Gasteiger partial charge in [-0.15, -0.1) is 0 Å². The third-order valence-corrected chi connectivity index (χ3v) is 4.46. The average molecular weight is 362 g/mol. The Labute approximate surface area is 151 Å². The van der Waals surface area contributed by atoms with Crippen molar-refractivity contribution in [1.29, 1.82) is 0 Å². The highest BCUT2D eigenvalue weighted by Gasteiger charge is 2.25. The average Bonchev–Trinajstić information content (AvgIpc) is 2.64. The molecule has 0 unspecified atom stereocenters. The topological polar surface area (TPSA) is 73.3 Å². The van der Waals surface area contributed by atoms with Crippen LogP contribution in [0.1, 0.15) is 36.0 Å². The van der Waals surface area contributed by atoms with Crippen molar-refractivity contribution in [3.63, 3.8) is 0 Å². The van der Waals surface area contributed by atoms with Gasteiger partial charge in [0.1, 0.15) is 11.9 Å². The lowest BCUT2D eigenvalue weighted by atomic mass is 9.92. The van der Waals surface area contributed by atoms with Crippen LogP contribution in [-0.2, 0) is 0 Å². The zero-order chi connectivity index (χ0) is 17.6. The fourth-order valence-corrected chi connectivity index (χ4v) is 3.11. The molecule has 1 aliphatic carbocycles. The van der Waals surface area contributed by atoms with Crippen LogP contribution in [-0.4, -0.2) is 35.1 Å².